The summed E-state index contributed by atoms with van der Waals surface area (Å²) in [5.41, 5.74) is 3.97. The van der Waals surface area contributed by atoms with Crippen LogP contribution in [0.25, 0.3) is 0 Å². The Bertz CT molecular complexity index is 748. The highest BCUT2D eigenvalue weighted by atomic mass is 16.3. The molecule has 3 nitrogen and oxygen atoms in total. The predicted molar refractivity (Wildman–Crippen MR) is 120 cm³/mol. The van der Waals surface area contributed by atoms with E-state index in [2.05, 4.69) is 48.0 Å². The Morgan fingerprint density at radius 1 is 1.00 bits per heavy atom. The SMILES string of the molecule is C[C@@H]([C@H](O)c1ccccc1)N(C)C[C@H]1C[C@H](c2ccc(CN3CCCC3)cc2)C1. The maximum atomic E-state index is 10.7. The normalized spacial score (nSPS) is 24.4. The molecular weight excluding hydrogens is 356 g/mol. The van der Waals surface area contributed by atoms with Crippen LogP contribution in [-0.4, -0.2) is 47.6 Å². The summed E-state index contributed by atoms with van der Waals surface area (Å²) < 4.78 is 0. The number of nitrogens with zero attached hydrogens (tertiary/aromatic N) is 2. The number of benzene rings is 2. The van der Waals surface area contributed by atoms with Gasteiger partial charge in [0.25, 0.3) is 0 Å². The molecule has 1 aliphatic carbocycles. The summed E-state index contributed by atoms with van der Waals surface area (Å²) in [4.78, 5) is 4.90. The first kappa shape index (κ1) is 20.6. The van der Waals surface area contributed by atoms with E-state index in [0.29, 0.717) is 5.92 Å². The average Bonchev–Trinajstić information content (AvgIpc) is 3.23. The number of aliphatic hydroxyl groups excluding tert-OH is 1. The molecule has 1 N–H and O–H groups in total. The number of hydrogen-bond acceptors (Lipinski definition) is 3. The second-order valence-electron chi connectivity index (χ2n) is 9.29. The number of hydrogen-bond donors (Lipinski definition) is 1. The molecule has 2 atom stereocenters. The zero-order valence-corrected chi connectivity index (χ0v) is 18.0. The second-order valence-corrected chi connectivity index (χ2v) is 9.29. The third-order valence-electron chi connectivity index (χ3n) is 7.13. The maximum absolute atomic E-state index is 10.7. The lowest BCUT2D eigenvalue weighted by Crippen LogP contribution is -2.40. The lowest BCUT2D eigenvalue weighted by molar-refractivity contribution is 0.0522. The molecule has 2 aliphatic rings. The third-order valence-corrected chi connectivity index (χ3v) is 7.13. The molecule has 2 fully saturated rings. The number of likely N-dealkylation sites (N-methyl/N-ethyl adjacent to an activating group) is 1. The summed E-state index contributed by atoms with van der Waals surface area (Å²) >= 11 is 0. The lowest BCUT2D eigenvalue weighted by atomic mass is 9.71. The van der Waals surface area contributed by atoms with Crippen molar-refractivity contribution in [3.05, 3.63) is 71.3 Å². The molecule has 1 aliphatic heterocycles. The van der Waals surface area contributed by atoms with E-state index < -0.39 is 6.10 Å². The molecule has 2 aromatic rings. The zero-order valence-electron chi connectivity index (χ0n) is 18.0. The quantitative estimate of drug-likeness (QED) is 0.697. The fourth-order valence-corrected chi connectivity index (χ4v) is 4.99. The summed E-state index contributed by atoms with van der Waals surface area (Å²) in [5.74, 6) is 1.45. The van der Waals surface area contributed by atoms with Gasteiger partial charge in [-0.1, -0.05) is 54.6 Å². The predicted octanol–water partition coefficient (Wildman–Crippen LogP) is 4.83. The van der Waals surface area contributed by atoms with Crippen molar-refractivity contribution in [1.82, 2.24) is 9.80 Å². The van der Waals surface area contributed by atoms with E-state index in [1.807, 2.05) is 30.3 Å². The van der Waals surface area contributed by atoms with Gasteiger partial charge in [0.05, 0.1) is 6.10 Å². The molecule has 4 rings (SSSR count). The van der Waals surface area contributed by atoms with Crippen LogP contribution in [-0.2, 0) is 6.54 Å². The molecule has 156 valence electrons. The van der Waals surface area contributed by atoms with E-state index in [1.54, 1.807) is 0 Å². The molecule has 1 saturated heterocycles. The van der Waals surface area contributed by atoms with Crippen LogP contribution in [0.4, 0.5) is 0 Å². The zero-order chi connectivity index (χ0) is 20.2. The Morgan fingerprint density at radius 2 is 1.66 bits per heavy atom. The summed E-state index contributed by atoms with van der Waals surface area (Å²) in [7, 11) is 2.15. The molecule has 0 aromatic heterocycles. The lowest BCUT2D eigenvalue weighted by Gasteiger charge is -2.40. The molecule has 1 heterocycles. The Balaban J connectivity index is 1.23. The molecule has 0 unspecified atom stereocenters. The van der Waals surface area contributed by atoms with Gasteiger partial charge in [-0.2, -0.15) is 0 Å². The fraction of sp³-hybridized carbons (Fsp3) is 0.538. The van der Waals surface area contributed by atoms with Gasteiger partial charge in [-0.3, -0.25) is 4.90 Å². The summed E-state index contributed by atoms with van der Waals surface area (Å²) in [6.45, 7) is 6.83. The van der Waals surface area contributed by atoms with Crippen molar-refractivity contribution in [3.8, 4) is 0 Å². The van der Waals surface area contributed by atoms with E-state index in [9.17, 15) is 5.11 Å². The van der Waals surface area contributed by atoms with Crippen LogP contribution < -0.4 is 0 Å². The highest BCUT2D eigenvalue weighted by molar-refractivity contribution is 5.27. The Kier molecular flexibility index (Phi) is 6.69. The molecule has 0 spiro atoms. The second kappa shape index (κ2) is 9.42. The monoisotopic (exact) mass is 392 g/mol. The molecular formula is C26H36N2O. The van der Waals surface area contributed by atoms with Gasteiger partial charge in [0.1, 0.15) is 0 Å². The molecule has 3 heteroatoms. The average molecular weight is 393 g/mol. The van der Waals surface area contributed by atoms with Gasteiger partial charge in [-0.15, -0.1) is 0 Å². The van der Waals surface area contributed by atoms with E-state index in [1.165, 1.54) is 49.9 Å². The fourth-order valence-electron chi connectivity index (χ4n) is 4.99. The summed E-state index contributed by atoms with van der Waals surface area (Å²) in [5, 5.41) is 10.7. The van der Waals surface area contributed by atoms with Crippen molar-refractivity contribution in [1.29, 1.82) is 0 Å². The number of rotatable bonds is 8. The number of likely N-dealkylation sites (tertiary alicyclic amines) is 1. The van der Waals surface area contributed by atoms with Crippen LogP contribution in [0.15, 0.2) is 54.6 Å². The Labute approximate surface area is 176 Å². The third kappa shape index (κ3) is 5.09. The standard InChI is InChI=1S/C26H36N2O/c1-20(26(29)24-8-4-3-5-9-24)27(2)18-22-16-25(17-22)23-12-10-21(11-13-23)19-28-14-6-7-15-28/h3-5,8-13,20,22,25-26,29H,6-7,14-19H2,1-2H3/t20-,22-,25-,26-/m0/s1. The van der Waals surface area contributed by atoms with Crippen LogP contribution in [0.1, 0.15) is 61.3 Å². The van der Waals surface area contributed by atoms with Crippen LogP contribution in [0, 0.1) is 5.92 Å². The topological polar surface area (TPSA) is 26.7 Å². The summed E-state index contributed by atoms with van der Waals surface area (Å²) in [6.07, 6.45) is 4.82. The van der Waals surface area contributed by atoms with Crippen molar-refractivity contribution in [2.45, 2.75) is 57.2 Å². The largest absolute Gasteiger partial charge is 0.387 e. The van der Waals surface area contributed by atoms with E-state index in [-0.39, 0.29) is 6.04 Å². The highest BCUT2D eigenvalue weighted by Gasteiger charge is 2.32. The summed E-state index contributed by atoms with van der Waals surface area (Å²) in [6, 6.07) is 19.5. The molecule has 2 aromatic carbocycles. The van der Waals surface area contributed by atoms with Crippen LogP contribution >= 0.6 is 0 Å². The van der Waals surface area contributed by atoms with Gasteiger partial charge in [0.2, 0.25) is 0 Å². The minimum absolute atomic E-state index is 0.126. The highest BCUT2D eigenvalue weighted by Crippen LogP contribution is 2.42. The van der Waals surface area contributed by atoms with Gasteiger partial charge < -0.3 is 10.0 Å². The Morgan fingerprint density at radius 3 is 2.31 bits per heavy atom. The Hall–Kier alpha value is -1.68. The van der Waals surface area contributed by atoms with Gasteiger partial charge in [0.15, 0.2) is 0 Å². The van der Waals surface area contributed by atoms with Gasteiger partial charge in [-0.05, 0) is 81.3 Å². The molecule has 0 amide bonds. The van der Waals surface area contributed by atoms with E-state index in [0.717, 1.165) is 24.6 Å². The van der Waals surface area contributed by atoms with Gasteiger partial charge >= 0.3 is 0 Å². The maximum Gasteiger partial charge on any atom is 0.0942 e. The minimum Gasteiger partial charge on any atom is -0.387 e. The molecule has 0 bridgehead atoms. The van der Waals surface area contributed by atoms with Crippen LogP contribution in [0.5, 0.6) is 0 Å². The minimum atomic E-state index is -0.430. The van der Waals surface area contributed by atoms with Crippen molar-refractivity contribution in [2.24, 2.45) is 5.92 Å². The first-order valence-corrected chi connectivity index (χ1v) is 11.3. The van der Waals surface area contributed by atoms with Crippen LogP contribution in [0.3, 0.4) is 0 Å². The smallest absolute Gasteiger partial charge is 0.0942 e. The van der Waals surface area contributed by atoms with Crippen molar-refractivity contribution in [3.63, 3.8) is 0 Å². The molecule has 1 saturated carbocycles. The molecule has 29 heavy (non-hydrogen) atoms. The van der Waals surface area contributed by atoms with Crippen LogP contribution in [0.2, 0.25) is 0 Å². The van der Waals surface area contributed by atoms with E-state index >= 15 is 0 Å². The van der Waals surface area contributed by atoms with Crippen molar-refractivity contribution < 1.29 is 5.11 Å². The first-order valence-electron chi connectivity index (χ1n) is 11.3. The van der Waals surface area contributed by atoms with Crippen molar-refractivity contribution in [2.75, 3.05) is 26.7 Å². The first-order chi connectivity index (χ1) is 14.1. The van der Waals surface area contributed by atoms with E-state index in [4.69, 9.17) is 0 Å². The van der Waals surface area contributed by atoms with Gasteiger partial charge in [0, 0.05) is 19.1 Å². The van der Waals surface area contributed by atoms with Crippen molar-refractivity contribution >= 4 is 0 Å². The molecule has 0 radical (unpaired) electrons. The van der Waals surface area contributed by atoms with Gasteiger partial charge in [-0.25, -0.2) is 0 Å². The number of aliphatic hydroxyl groups is 1.